The van der Waals surface area contributed by atoms with E-state index in [1.54, 1.807) is 0 Å². The van der Waals surface area contributed by atoms with Crippen LogP contribution >= 0.6 is 0 Å². The highest BCUT2D eigenvalue weighted by atomic mass is 16.5. The first-order valence-corrected chi connectivity index (χ1v) is 16.1. The molecule has 0 aromatic carbocycles. The maximum atomic E-state index is 11.4. The molecule has 0 amide bonds. The lowest BCUT2D eigenvalue weighted by molar-refractivity contribution is -0.139. The van der Waals surface area contributed by atoms with Gasteiger partial charge < -0.3 is 9.84 Å². The molecule has 0 saturated carbocycles. The maximum absolute atomic E-state index is 11.4. The highest BCUT2D eigenvalue weighted by Crippen LogP contribution is 2.15. The summed E-state index contributed by atoms with van der Waals surface area (Å²) in [6.07, 6.45) is 40.0. The summed E-state index contributed by atoms with van der Waals surface area (Å²) in [5.41, 5.74) is 7.77. The monoisotopic (exact) mass is 612 g/mol. The van der Waals surface area contributed by atoms with E-state index in [1.165, 1.54) is 29.2 Å². The molecule has 0 rings (SSSR count). The lowest BCUT2D eigenvalue weighted by atomic mass is 9.99. The molecule has 0 radical (unpaired) electrons. The van der Waals surface area contributed by atoms with Gasteiger partial charge in [-0.05, 0) is 100.0 Å². The minimum atomic E-state index is -0.606. The number of carbonyl (C=O) groups is 1. The molecule has 246 valence electrons. The molecule has 1 N–H and O–H groups in total. The van der Waals surface area contributed by atoms with E-state index in [4.69, 9.17) is 4.74 Å². The molecular weight excluding hydrogens is 552 g/mol. The Bertz CT molecular complexity index is 1270. The van der Waals surface area contributed by atoms with E-state index >= 15 is 0 Å². The predicted octanol–water partition coefficient (Wildman–Crippen LogP) is 11.7. The van der Waals surface area contributed by atoms with Crippen molar-refractivity contribution < 1.29 is 14.6 Å². The Morgan fingerprint density at radius 2 is 1.09 bits per heavy atom. The van der Waals surface area contributed by atoms with E-state index in [-0.39, 0.29) is 12.6 Å². The number of rotatable bonds is 19. The molecule has 0 saturated heterocycles. The first kappa shape index (κ1) is 41.3. The molecule has 0 unspecified atom stereocenters. The van der Waals surface area contributed by atoms with Gasteiger partial charge in [0.25, 0.3) is 0 Å². The molecule has 45 heavy (non-hydrogen) atoms. The normalized spacial score (nSPS) is 15.1. The summed E-state index contributed by atoms with van der Waals surface area (Å²) in [5, 5.41) is 9.85. The minimum Gasteiger partial charge on any atom is -0.461 e. The van der Waals surface area contributed by atoms with Gasteiger partial charge in [-0.1, -0.05) is 137 Å². The summed E-state index contributed by atoms with van der Waals surface area (Å²) in [6, 6.07) is 0. The van der Waals surface area contributed by atoms with Crippen molar-refractivity contribution in [3.05, 3.63) is 142 Å². The molecule has 3 heteroatoms. The van der Waals surface area contributed by atoms with Crippen LogP contribution in [0.3, 0.4) is 0 Å². The summed E-state index contributed by atoms with van der Waals surface area (Å²) in [4.78, 5) is 11.4. The van der Waals surface area contributed by atoms with E-state index in [0.29, 0.717) is 0 Å². The number of ether oxygens (including phenoxy) is 1. The Balaban J connectivity index is 5.15. The van der Waals surface area contributed by atoms with Crippen LogP contribution in [0.25, 0.3) is 0 Å². The van der Waals surface area contributed by atoms with Crippen molar-refractivity contribution in [3.8, 4) is 0 Å². The Kier molecular flexibility index (Phi) is 22.6. The third-order valence-electron chi connectivity index (χ3n) is 6.54. The minimum absolute atomic E-state index is 0.218. The van der Waals surface area contributed by atoms with E-state index in [9.17, 15) is 9.90 Å². The van der Waals surface area contributed by atoms with E-state index in [0.717, 1.165) is 48.8 Å². The third-order valence-corrected chi connectivity index (χ3v) is 6.54. The zero-order valence-electron chi connectivity index (χ0n) is 29.8. The standard InChI is InChI=1S/C42H60O3/c1-34(2)19-13-21-36(4)23-15-25-37(5)24-14-22-35(3)20-11-12-30-41(33-45-40(8)43)31-17-28-38(6)26-16-27-39(7)29-18-32-42(9,10)44/h11-12,14-17,19-20,22-28,30-31,44H,13,18,21,29,32-33H2,1-10H3/b12-11+,22-14+,25-15+,26-16+,31-17+,35-20+,36-23+,37-24+,38-28+,39-27+,41-30-. The van der Waals surface area contributed by atoms with Crippen molar-refractivity contribution in [1.82, 2.24) is 0 Å². The first-order chi connectivity index (χ1) is 21.2. The summed E-state index contributed by atoms with van der Waals surface area (Å²) in [6.45, 7) is 20.1. The molecule has 0 heterocycles. The SMILES string of the molecule is CC(=O)OCC(=C\C=C\C=C(C)\C=C\C=C(C)\C=C\C=C(/C)CCC=C(C)C)/C=C/C=C(C)/C=C/C=C(\C)CCCC(C)(C)O. The number of carbonyl (C=O) groups excluding carboxylic acids is 1. The number of allylic oxidation sites excluding steroid dienone is 22. The van der Waals surface area contributed by atoms with E-state index in [2.05, 4.69) is 102 Å². The Labute approximate surface area is 275 Å². The van der Waals surface area contributed by atoms with Crippen molar-refractivity contribution in [2.24, 2.45) is 0 Å². The van der Waals surface area contributed by atoms with E-state index < -0.39 is 5.60 Å². The zero-order chi connectivity index (χ0) is 34.1. The van der Waals surface area contributed by atoms with Gasteiger partial charge in [0, 0.05) is 6.92 Å². The second-order valence-electron chi connectivity index (χ2n) is 12.6. The van der Waals surface area contributed by atoms with Crippen molar-refractivity contribution in [2.75, 3.05) is 6.61 Å². The van der Waals surface area contributed by atoms with Gasteiger partial charge in [-0.3, -0.25) is 4.79 Å². The highest BCUT2D eigenvalue weighted by molar-refractivity contribution is 5.66. The van der Waals surface area contributed by atoms with E-state index in [1.807, 2.05) is 63.3 Å². The van der Waals surface area contributed by atoms with Crippen LogP contribution in [-0.2, 0) is 9.53 Å². The summed E-state index contributed by atoms with van der Waals surface area (Å²) < 4.78 is 5.23. The fourth-order valence-electron chi connectivity index (χ4n) is 3.85. The number of hydrogen-bond donors (Lipinski definition) is 1. The average Bonchev–Trinajstić information content (AvgIpc) is 2.92. The first-order valence-electron chi connectivity index (χ1n) is 16.1. The molecule has 0 aliphatic rings. The van der Waals surface area contributed by atoms with Crippen LogP contribution in [0.15, 0.2) is 142 Å². The van der Waals surface area contributed by atoms with Gasteiger partial charge in [0.2, 0.25) is 0 Å². The Hall–Kier alpha value is -3.69. The fourth-order valence-corrected chi connectivity index (χ4v) is 3.85. The summed E-state index contributed by atoms with van der Waals surface area (Å²) in [7, 11) is 0. The molecule has 0 spiro atoms. The summed E-state index contributed by atoms with van der Waals surface area (Å²) >= 11 is 0. The molecule has 0 bridgehead atoms. The highest BCUT2D eigenvalue weighted by Gasteiger charge is 2.10. The van der Waals surface area contributed by atoms with Crippen molar-refractivity contribution >= 4 is 5.97 Å². The van der Waals surface area contributed by atoms with Gasteiger partial charge in [0.05, 0.1) is 5.60 Å². The fraction of sp³-hybridized carbons (Fsp3) is 0.405. The van der Waals surface area contributed by atoms with Crippen molar-refractivity contribution in [3.63, 3.8) is 0 Å². The number of esters is 1. The lowest BCUT2D eigenvalue weighted by Crippen LogP contribution is -2.17. The van der Waals surface area contributed by atoms with Gasteiger partial charge in [0.15, 0.2) is 0 Å². The van der Waals surface area contributed by atoms with Crippen LogP contribution in [0.2, 0.25) is 0 Å². The van der Waals surface area contributed by atoms with Crippen LogP contribution in [0, 0.1) is 0 Å². The molecule has 0 fully saturated rings. The van der Waals surface area contributed by atoms with Gasteiger partial charge in [-0.25, -0.2) is 0 Å². The molecule has 0 aromatic rings. The van der Waals surface area contributed by atoms with Crippen LogP contribution in [0.5, 0.6) is 0 Å². The smallest absolute Gasteiger partial charge is 0.302 e. The van der Waals surface area contributed by atoms with Gasteiger partial charge >= 0.3 is 5.97 Å². The number of aliphatic hydroxyl groups is 1. The van der Waals surface area contributed by atoms with Crippen LogP contribution in [-0.4, -0.2) is 23.3 Å². The second-order valence-corrected chi connectivity index (χ2v) is 12.6. The van der Waals surface area contributed by atoms with Crippen LogP contribution in [0.1, 0.15) is 101 Å². The zero-order valence-corrected chi connectivity index (χ0v) is 29.8. The second kappa shape index (κ2) is 24.6. The molecule has 0 aromatic heterocycles. The lowest BCUT2D eigenvalue weighted by Gasteiger charge is -2.16. The topological polar surface area (TPSA) is 46.5 Å². The molecule has 0 aliphatic heterocycles. The van der Waals surface area contributed by atoms with Crippen LogP contribution in [0.4, 0.5) is 0 Å². The van der Waals surface area contributed by atoms with Crippen LogP contribution < -0.4 is 0 Å². The Morgan fingerprint density at radius 1 is 0.622 bits per heavy atom. The molecular formula is C42H60O3. The van der Waals surface area contributed by atoms with Gasteiger partial charge in [-0.2, -0.15) is 0 Å². The predicted molar refractivity (Wildman–Crippen MR) is 198 cm³/mol. The summed E-state index contributed by atoms with van der Waals surface area (Å²) in [5.74, 6) is -0.303. The molecule has 3 nitrogen and oxygen atoms in total. The van der Waals surface area contributed by atoms with Gasteiger partial charge in [0.1, 0.15) is 6.61 Å². The molecule has 0 aliphatic carbocycles. The maximum Gasteiger partial charge on any atom is 0.302 e. The molecule has 0 atom stereocenters. The largest absolute Gasteiger partial charge is 0.461 e. The quantitative estimate of drug-likeness (QED) is 0.0896. The number of hydrogen-bond acceptors (Lipinski definition) is 3. The van der Waals surface area contributed by atoms with Crippen molar-refractivity contribution in [2.45, 2.75) is 107 Å². The Morgan fingerprint density at radius 3 is 1.60 bits per heavy atom. The third kappa shape index (κ3) is 28.8. The average molecular weight is 613 g/mol. The van der Waals surface area contributed by atoms with Crippen molar-refractivity contribution in [1.29, 1.82) is 0 Å². The van der Waals surface area contributed by atoms with Gasteiger partial charge in [-0.15, -0.1) is 0 Å².